The molecule has 1 spiro atoms. The fourth-order valence-corrected chi connectivity index (χ4v) is 4.23. The van der Waals surface area contributed by atoms with E-state index in [9.17, 15) is 14.3 Å². The minimum atomic E-state index is -0.979. The number of halogens is 3. The normalized spacial score (nSPS) is 27.4. The quantitative estimate of drug-likeness (QED) is 0.698. The van der Waals surface area contributed by atoms with Crippen molar-refractivity contribution in [3.63, 3.8) is 0 Å². The Bertz CT molecular complexity index is 869. The molecular formula is C19H25Cl2FN4O4. The van der Waals surface area contributed by atoms with Gasteiger partial charge in [-0.2, -0.15) is 0 Å². The van der Waals surface area contributed by atoms with Crippen LogP contribution in [-0.2, 0) is 14.3 Å². The summed E-state index contributed by atoms with van der Waals surface area (Å²) in [6, 6.07) is 1.66. The third kappa shape index (κ3) is 3.97. The Kier molecular flexibility index (Phi) is 6.50. The van der Waals surface area contributed by atoms with Gasteiger partial charge in [-0.15, -0.1) is 24.8 Å². The number of ether oxygens (including phenoxy) is 2. The van der Waals surface area contributed by atoms with E-state index in [2.05, 4.69) is 4.98 Å². The Hall–Kier alpha value is -1.65. The smallest absolute Gasteiger partial charge is 0.333 e. The molecule has 1 saturated carbocycles. The second-order valence-electron chi connectivity index (χ2n) is 7.91. The van der Waals surface area contributed by atoms with Crippen LogP contribution in [0.5, 0.6) is 0 Å². The molecule has 11 heteroatoms. The summed E-state index contributed by atoms with van der Waals surface area (Å²) in [5.74, 6) is -1.29. The second-order valence-corrected chi connectivity index (χ2v) is 7.91. The van der Waals surface area contributed by atoms with E-state index in [1.165, 1.54) is 12.1 Å². The molecule has 4 aliphatic rings. The van der Waals surface area contributed by atoms with Gasteiger partial charge in [0.2, 0.25) is 0 Å². The van der Waals surface area contributed by atoms with Crippen LogP contribution >= 0.6 is 24.8 Å². The van der Waals surface area contributed by atoms with Gasteiger partial charge in [0.05, 0.1) is 31.4 Å². The lowest BCUT2D eigenvalue weighted by Gasteiger charge is -2.31. The molecule has 4 heterocycles. The number of rotatable bonds is 4. The first-order valence-corrected chi connectivity index (χ1v) is 9.66. The van der Waals surface area contributed by atoms with Crippen molar-refractivity contribution in [1.82, 2.24) is 4.98 Å². The topological polar surface area (TPSA) is 101 Å². The molecule has 3 fully saturated rings. The van der Waals surface area contributed by atoms with Gasteiger partial charge in [0.25, 0.3) is 0 Å². The zero-order valence-corrected chi connectivity index (χ0v) is 17.9. The van der Waals surface area contributed by atoms with Crippen LogP contribution in [0.15, 0.2) is 11.6 Å². The van der Waals surface area contributed by atoms with Crippen molar-refractivity contribution < 1.29 is 23.8 Å². The first-order valence-electron chi connectivity index (χ1n) is 9.66. The second kappa shape index (κ2) is 8.47. The van der Waals surface area contributed by atoms with E-state index in [-0.39, 0.29) is 48.4 Å². The van der Waals surface area contributed by atoms with Gasteiger partial charge in [-0.25, -0.2) is 14.2 Å². The predicted octanol–water partition coefficient (Wildman–Crippen LogP) is 1.80. The Balaban J connectivity index is 0.00000128. The number of carboxylic acids is 1. The van der Waals surface area contributed by atoms with Crippen molar-refractivity contribution in [3.8, 4) is 0 Å². The highest BCUT2D eigenvalue weighted by Crippen LogP contribution is 2.40. The van der Waals surface area contributed by atoms with Gasteiger partial charge < -0.3 is 30.1 Å². The van der Waals surface area contributed by atoms with E-state index in [0.717, 1.165) is 12.8 Å². The largest absolute Gasteiger partial charge is 0.478 e. The Morgan fingerprint density at radius 3 is 2.77 bits per heavy atom. The lowest BCUT2D eigenvalue weighted by molar-refractivity contribution is -0.148. The molecule has 2 saturated heterocycles. The SMILES string of the molecule is Cl.Cl.NCC1COC2(CCN(c3nc4c(cc3F)C=C(C(=O)O)CN4C3CC3)C2)O1. The molecule has 5 rings (SSSR count). The Morgan fingerprint density at radius 1 is 1.37 bits per heavy atom. The molecule has 1 aromatic heterocycles. The van der Waals surface area contributed by atoms with E-state index in [4.69, 9.17) is 15.2 Å². The highest BCUT2D eigenvalue weighted by Gasteiger charge is 2.47. The summed E-state index contributed by atoms with van der Waals surface area (Å²) in [4.78, 5) is 19.9. The number of carboxylic acid groups (broad SMARTS) is 1. The molecule has 3 aliphatic heterocycles. The number of fused-ring (bicyclic) bond motifs is 1. The summed E-state index contributed by atoms with van der Waals surface area (Å²) in [5.41, 5.74) is 6.44. The van der Waals surface area contributed by atoms with E-state index >= 15 is 0 Å². The lowest BCUT2D eigenvalue weighted by atomic mass is 10.1. The third-order valence-electron chi connectivity index (χ3n) is 5.84. The molecule has 0 bridgehead atoms. The Labute approximate surface area is 186 Å². The van der Waals surface area contributed by atoms with Crippen molar-refractivity contribution in [2.24, 2.45) is 5.73 Å². The van der Waals surface area contributed by atoms with Crippen LogP contribution < -0.4 is 15.5 Å². The number of anilines is 2. The number of pyridine rings is 1. The van der Waals surface area contributed by atoms with Crippen LogP contribution in [0.2, 0.25) is 0 Å². The molecular weight excluding hydrogens is 438 g/mol. The average Bonchev–Trinajstić information content (AvgIpc) is 3.33. The summed E-state index contributed by atoms with van der Waals surface area (Å²) in [5, 5.41) is 9.39. The number of hydrogen-bond acceptors (Lipinski definition) is 7. The number of carbonyl (C=O) groups is 1. The maximum Gasteiger partial charge on any atom is 0.333 e. The number of nitrogens with two attached hydrogens (primary N) is 1. The average molecular weight is 463 g/mol. The monoisotopic (exact) mass is 462 g/mol. The van der Waals surface area contributed by atoms with Gasteiger partial charge in [0, 0.05) is 31.1 Å². The van der Waals surface area contributed by atoms with Crippen molar-refractivity contribution >= 4 is 48.5 Å². The highest BCUT2D eigenvalue weighted by molar-refractivity contribution is 5.96. The summed E-state index contributed by atoms with van der Waals surface area (Å²) in [6.07, 6.45) is 4.01. The van der Waals surface area contributed by atoms with Gasteiger partial charge in [-0.3, -0.25) is 0 Å². The predicted molar refractivity (Wildman–Crippen MR) is 114 cm³/mol. The zero-order valence-electron chi connectivity index (χ0n) is 16.3. The molecule has 3 N–H and O–H groups in total. The highest BCUT2D eigenvalue weighted by atomic mass is 35.5. The lowest BCUT2D eigenvalue weighted by Crippen LogP contribution is -2.37. The summed E-state index contributed by atoms with van der Waals surface area (Å²) >= 11 is 0. The summed E-state index contributed by atoms with van der Waals surface area (Å²) in [6.45, 7) is 2.09. The van der Waals surface area contributed by atoms with Crippen LogP contribution in [0, 0.1) is 5.82 Å². The number of nitrogens with zero attached hydrogens (tertiary/aromatic N) is 3. The molecule has 0 aromatic carbocycles. The molecule has 2 atom stereocenters. The maximum atomic E-state index is 14.9. The van der Waals surface area contributed by atoms with E-state index in [0.29, 0.717) is 50.6 Å². The van der Waals surface area contributed by atoms with Gasteiger partial charge in [-0.1, -0.05) is 0 Å². The molecule has 0 amide bonds. The van der Waals surface area contributed by atoms with Gasteiger partial charge >= 0.3 is 5.97 Å². The summed E-state index contributed by atoms with van der Waals surface area (Å²) in [7, 11) is 0. The molecule has 1 aliphatic carbocycles. The zero-order chi connectivity index (χ0) is 19.5. The minimum Gasteiger partial charge on any atom is -0.478 e. The summed E-state index contributed by atoms with van der Waals surface area (Å²) < 4.78 is 26.7. The molecule has 8 nitrogen and oxygen atoms in total. The standard InChI is InChI=1S/C19H23FN4O4.2ClH/c20-15-6-11-5-12(18(25)26)8-24(13-1-2-13)16(11)22-17(15)23-4-3-19(10-23)27-9-14(7-21)28-19;;/h5-6,13-14H,1-4,7-10,21H2,(H,25,26);2*1H. The van der Waals surface area contributed by atoms with Crippen molar-refractivity contribution in [2.45, 2.75) is 37.2 Å². The van der Waals surface area contributed by atoms with Crippen molar-refractivity contribution in [3.05, 3.63) is 23.0 Å². The fraction of sp³-hybridized carbons (Fsp3) is 0.579. The molecule has 1 aromatic rings. The van der Waals surface area contributed by atoms with E-state index < -0.39 is 17.6 Å². The Morgan fingerprint density at radius 2 is 2.13 bits per heavy atom. The first-order chi connectivity index (χ1) is 13.5. The minimum absolute atomic E-state index is 0. The van der Waals surface area contributed by atoms with Crippen LogP contribution in [0.25, 0.3) is 6.08 Å². The van der Waals surface area contributed by atoms with Crippen LogP contribution in [0.1, 0.15) is 24.8 Å². The molecule has 0 radical (unpaired) electrons. The van der Waals surface area contributed by atoms with Gasteiger partial charge in [0.15, 0.2) is 17.4 Å². The number of hydrogen-bond donors (Lipinski definition) is 2. The number of aromatic nitrogens is 1. The van der Waals surface area contributed by atoms with Crippen molar-refractivity contribution in [1.29, 1.82) is 0 Å². The molecule has 2 unspecified atom stereocenters. The van der Waals surface area contributed by atoms with Gasteiger partial charge in [-0.05, 0) is 25.0 Å². The van der Waals surface area contributed by atoms with E-state index in [1.807, 2.05) is 9.80 Å². The van der Waals surface area contributed by atoms with Crippen LogP contribution in [-0.4, -0.2) is 66.8 Å². The van der Waals surface area contributed by atoms with E-state index in [1.54, 1.807) is 0 Å². The van der Waals surface area contributed by atoms with Gasteiger partial charge in [0.1, 0.15) is 5.82 Å². The molecule has 166 valence electrons. The van der Waals surface area contributed by atoms with Crippen LogP contribution in [0.3, 0.4) is 0 Å². The first kappa shape index (κ1) is 23.0. The third-order valence-corrected chi connectivity index (χ3v) is 5.84. The molecule has 30 heavy (non-hydrogen) atoms. The fourth-order valence-electron chi connectivity index (χ4n) is 4.23. The number of aliphatic carboxylic acids is 1. The van der Waals surface area contributed by atoms with Crippen LogP contribution in [0.4, 0.5) is 16.0 Å². The van der Waals surface area contributed by atoms with Crippen molar-refractivity contribution in [2.75, 3.05) is 42.6 Å². The maximum absolute atomic E-state index is 14.9.